The Hall–Kier alpha value is -2.41. The molecule has 3 rings (SSSR count). The molecule has 8 heteroatoms. The topological polar surface area (TPSA) is 32.8 Å². The first-order valence-electron chi connectivity index (χ1n) is 8.00. The van der Waals surface area contributed by atoms with Crippen LogP contribution in [0.3, 0.4) is 0 Å². The number of halogens is 4. The van der Waals surface area contributed by atoms with Crippen molar-refractivity contribution in [3.8, 4) is 5.75 Å². The van der Waals surface area contributed by atoms with Crippen LogP contribution in [-0.4, -0.2) is 43.6 Å². The van der Waals surface area contributed by atoms with Gasteiger partial charge in [-0.05, 0) is 36.4 Å². The lowest BCUT2D eigenvalue weighted by atomic mass is 10.2. The van der Waals surface area contributed by atoms with Crippen LogP contribution < -0.4 is 9.64 Å². The van der Waals surface area contributed by atoms with E-state index in [0.29, 0.717) is 37.0 Å². The van der Waals surface area contributed by atoms with Gasteiger partial charge in [-0.3, -0.25) is 4.79 Å². The van der Waals surface area contributed by atoms with Crippen LogP contribution in [0.5, 0.6) is 5.75 Å². The highest BCUT2D eigenvalue weighted by atomic mass is 35.5. The molecule has 26 heavy (non-hydrogen) atoms. The fraction of sp³-hybridized carbons (Fsp3) is 0.278. The highest BCUT2D eigenvalue weighted by Crippen LogP contribution is 2.24. The summed E-state index contributed by atoms with van der Waals surface area (Å²) in [7, 11) is 0. The second-order valence-electron chi connectivity index (χ2n) is 5.80. The molecule has 1 aliphatic rings. The summed E-state index contributed by atoms with van der Waals surface area (Å²) in [5.41, 5.74) is -0.00610. The summed E-state index contributed by atoms with van der Waals surface area (Å²) < 4.78 is 45.7. The second kappa shape index (κ2) is 7.86. The van der Waals surface area contributed by atoms with Gasteiger partial charge in [-0.25, -0.2) is 13.2 Å². The Morgan fingerprint density at radius 3 is 2.27 bits per heavy atom. The minimum absolute atomic E-state index is 0.00610. The molecule has 0 N–H and O–H groups in total. The normalized spacial score (nSPS) is 14.5. The van der Waals surface area contributed by atoms with Crippen molar-refractivity contribution in [1.29, 1.82) is 0 Å². The van der Waals surface area contributed by atoms with Crippen LogP contribution in [0.2, 0.25) is 5.02 Å². The maximum atomic E-state index is 13.9. The maximum Gasteiger partial charge on any atom is 0.260 e. The maximum absolute atomic E-state index is 13.9. The molecule has 1 fully saturated rings. The third kappa shape index (κ3) is 4.04. The molecule has 0 aliphatic carbocycles. The standard InChI is InChI=1S/C18H16ClF3N2O2/c19-12-1-3-13(4-2-12)26-11-16(25)24-9-7-23(8-10-24)15-6-5-14(20)17(21)18(15)22/h1-6H,7-11H2. The monoisotopic (exact) mass is 384 g/mol. The van der Waals surface area contributed by atoms with Gasteiger partial charge in [-0.2, -0.15) is 0 Å². The Balaban J connectivity index is 1.54. The summed E-state index contributed by atoms with van der Waals surface area (Å²) in [4.78, 5) is 15.4. The van der Waals surface area contributed by atoms with Crippen LogP contribution in [0, 0.1) is 17.5 Å². The van der Waals surface area contributed by atoms with Gasteiger partial charge in [-0.1, -0.05) is 11.6 Å². The lowest BCUT2D eigenvalue weighted by molar-refractivity contribution is -0.133. The van der Waals surface area contributed by atoms with Crippen LogP contribution in [0.4, 0.5) is 18.9 Å². The smallest absolute Gasteiger partial charge is 0.260 e. The van der Waals surface area contributed by atoms with Gasteiger partial charge in [0.05, 0.1) is 5.69 Å². The van der Waals surface area contributed by atoms with Gasteiger partial charge in [-0.15, -0.1) is 0 Å². The number of piperazine rings is 1. The van der Waals surface area contributed by atoms with E-state index in [1.54, 1.807) is 34.1 Å². The van der Waals surface area contributed by atoms with Crippen LogP contribution >= 0.6 is 11.6 Å². The van der Waals surface area contributed by atoms with Gasteiger partial charge in [0, 0.05) is 31.2 Å². The number of nitrogens with zero attached hydrogens (tertiary/aromatic N) is 2. The van der Waals surface area contributed by atoms with Gasteiger partial charge >= 0.3 is 0 Å². The minimum atomic E-state index is -1.49. The van der Waals surface area contributed by atoms with Crippen molar-refractivity contribution in [3.63, 3.8) is 0 Å². The van der Waals surface area contributed by atoms with Crippen molar-refractivity contribution >= 4 is 23.2 Å². The first-order valence-corrected chi connectivity index (χ1v) is 8.38. The molecule has 0 bridgehead atoms. The Bertz CT molecular complexity index is 794. The molecule has 138 valence electrons. The van der Waals surface area contributed by atoms with Crippen LogP contribution in [-0.2, 0) is 4.79 Å². The number of carbonyl (C=O) groups excluding carboxylic acids is 1. The molecular weight excluding hydrogens is 369 g/mol. The van der Waals surface area contributed by atoms with Gasteiger partial charge < -0.3 is 14.5 Å². The van der Waals surface area contributed by atoms with Gasteiger partial charge in [0.15, 0.2) is 24.1 Å². The largest absolute Gasteiger partial charge is 0.484 e. The van der Waals surface area contributed by atoms with Crippen molar-refractivity contribution in [2.75, 3.05) is 37.7 Å². The van der Waals surface area contributed by atoms with E-state index in [1.165, 1.54) is 6.07 Å². The van der Waals surface area contributed by atoms with E-state index in [4.69, 9.17) is 16.3 Å². The number of hydrogen-bond donors (Lipinski definition) is 0. The number of ether oxygens (including phenoxy) is 1. The highest BCUT2D eigenvalue weighted by Gasteiger charge is 2.25. The third-order valence-electron chi connectivity index (χ3n) is 4.16. The predicted molar refractivity (Wildman–Crippen MR) is 92.1 cm³/mol. The molecule has 1 saturated heterocycles. The van der Waals surface area contributed by atoms with Crippen LogP contribution in [0.15, 0.2) is 36.4 Å². The first kappa shape index (κ1) is 18.4. The molecule has 1 aliphatic heterocycles. The molecule has 0 radical (unpaired) electrons. The molecule has 2 aromatic carbocycles. The second-order valence-corrected chi connectivity index (χ2v) is 6.24. The van der Waals surface area contributed by atoms with E-state index in [1.807, 2.05) is 0 Å². The van der Waals surface area contributed by atoms with Crippen LogP contribution in [0.25, 0.3) is 0 Å². The predicted octanol–water partition coefficient (Wildman–Crippen LogP) is 3.48. The van der Waals surface area contributed by atoms with E-state index in [2.05, 4.69) is 0 Å². The summed E-state index contributed by atoms with van der Waals surface area (Å²) in [6, 6.07) is 8.76. The molecule has 0 saturated carbocycles. The summed E-state index contributed by atoms with van der Waals surface area (Å²) in [6.07, 6.45) is 0. The zero-order valence-corrected chi connectivity index (χ0v) is 14.5. The molecule has 2 aromatic rings. The fourth-order valence-electron chi connectivity index (χ4n) is 2.72. The van der Waals surface area contributed by atoms with E-state index >= 15 is 0 Å². The van der Waals surface area contributed by atoms with E-state index in [0.717, 1.165) is 6.07 Å². The summed E-state index contributed by atoms with van der Waals surface area (Å²) >= 11 is 5.78. The zero-order chi connectivity index (χ0) is 18.7. The minimum Gasteiger partial charge on any atom is -0.484 e. The lowest BCUT2D eigenvalue weighted by Gasteiger charge is -2.36. The molecule has 1 heterocycles. The molecule has 0 spiro atoms. The quantitative estimate of drug-likeness (QED) is 0.757. The number of anilines is 1. The fourth-order valence-corrected chi connectivity index (χ4v) is 2.85. The number of rotatable bonds is 4. The van der Waals surface area contributed by atoms with E-state index < -0.39 is 17.5 Å². The molecule has 4 nitrogen and oxygen atoms in total. The molecule has 0 atom stereocenters. The number of hydrogen-bond acceptors (Lipinski definition) is 3. The van der Waals surface area contributed by atoms with Crippen molar-refractivity contribution in [2.45, 2.75) is 0 Å². The van der Waals surface area contributed by atoms with Crippen molar-refractivity contribution in [3.05, 3.63) is 58.9 Å². The van der Waals surface area contributed by atoms with Crippen molar-refractivity contribution in [2.24, 2.45) is 0 Å². The molecule has 0 unspecified atom stereocenters. The number of carbonyl (C=O) groups is 1. The summed E-state index contributed by atoms with van der Waals surface area (Å²) in [6.45, 7) is 1.17. The first-order chi connectivity index (χ1) is 12.5. The Morgan fingerprint density at radius 2 is 1.62 bits per heavy atom. The number of amides is 1. The van der Waals surface area contributed by atoms with Gasteiger partial charge in [0.2, 0.25) is 0 Å². The Labute approximate surface area is 153 Å². The van der Waals surface area contributed by atoms with Crippen molar-refractivity contribution in [1.82, 2.24) is 4.90 Å². The van der Waals surface area contributed by atoms with E-state index in [9.17, 15) is 18.0 Å². The average Bonchev–Trinajstić information content (AvgIpc) is 2.66. The molecule has 1 amide bonds. The Morgan fingerprint density at radius 1 is 0.962 bits per heavy atom. The number of benzene rings is 2. The summed E-state index contributed by atoms with van der Waals surface area (Å²) in [5, 5.41) is 0.573. The third-order valence-corrected chi connectivity index (χ3v) is 4.42. The van der Waals surface area contributed by atoms with Crippen molar-refractivity contribution < 1.29 is 22.7 Å². The van der Waals surface area contributed by atoms with E-state index in [-0.39, 0.29) is 18.2 Å². The average molecular weight is 385 g/mol. The van der Waals surface area contributed by atoms with Crippen LogP contribution in [0.1, 0.15) is 0 Å². The molecule has 0 aromatic heterocycles. The SMILES string of the molecule is O=C(COc1ccc(Cl)cc1)N1CCN(c2ccc(F)c(F)c2F)CC1. The zero-order valence-electron chi connectivity index (χ0n) is 13.7. The highest BCUT2D eigenvalue weighted by molar-refractivity contribution is 6.30. The van der Waals surface area contributed by atoms with Gasteiger partial charge in [0.25, 0.3) is 5.91 Å². The lowest BCUT2D eigenvalue weighted by Crippen LogP contribution is -2.50. The summed E-state index contributed by atoms with van der Waals surface area (Å²) in [5.74, 6) is -3.59. The Kier molecular flexibility index (Phi) is 5.56. The molecular formula is C18H16ClF3N2O2. The van der Waals surface area contributed by atoms with Gasteiger partial charge in [0.1, 0.15) is 5.75 Å².